The highest BCUT2D eigenvalue weighted by Crippen LogP contribution is 2.14. The first-order valence-corrected chi connectivity index (χ1v) is 6.80. The summed E-state index contributed by atoms with van der Waals surface area (Å²) in [5.74, 6) is 0.0399. The van der Waals surface area contributed by atoms with Crippen LogP contribution in [0.5, 0.6) is 0 Å². The van der Waals surface area contributed by atoms with Crippen LogP contribution >= 0.6 is 0 Å². The van der Waals surface area contributed by atoms with Crippen LogP contribution in [0, 0.1) is 13.8 Å². The van der Waals surface area contributed by atoms with Crippen LogP contribution in [0.3, 0.4) is 0 Å². The third-order valence-corrected chi connectivity index (χ3v) is 3.55. The van der Waals surface area contributed by atoms with Crippen LogP contribution in [0.25, 0.3) is 0 Å². The predicted molar refractivity (Wildman–Crippen MR) is 79.9 cm³/mol. The first kappa shape index (κ1) is 14.3. The van der Waals surface area contributed by atoms with Crippen LogP contribution in [0.15, 0.2) is 24.3 Å². The molecule has 106 valence electrons. The van der Waals surface area contributed by atoms with Crippen molar-refractivity contribution in [3.05, 3.63) is 52.3 Å². The van der Waals surface area contributed by atoms with E-state index < -0.39 is 0 Å². The zero-order valence-corrected chi connectivity index (χ0v) is 12.5. The quantitative estimate of drug-likeness (QED) is 0.929. The summed E-state index contributed by atoms with van der Waals surface area (Å²) in [7, 11) is 3.53. The van der Waals surface area contributed by atoms with E-state index in [0.717, 1.165) is 29.8 Å². The number of carbonyl (C=O) groups excluding carboxylic acids is 1. The van der Waals surface area contributed by atoms with Crippen molar-refractivity contribution in [1.29, 1.82) is 0 Å². The number of nitrogens with one attached hydrogen (secondary N) is 1. The SMILES string of the molecule is Cc1n[nH]c(C)c1CCc1ccc(C(=O)N(C)C)cc1. The van der Waals surface area contributed by atoms with E-state index in [-0.39, 0.29) is 5.91 Å². The van der Waals surface area contributed by atoms with E-state index in [9.17, 15) is 4.79 Å². The molecule has 1 N–H and O–H groups in total. The number of benzene rings is 1. The molecule has 0 radical (unpaired) electrons. The monoisotopic (exact) mass is 271 g/mol. The van der Waals surface area contributed by atoms with Gasteiger partial charge in [-0.1, -0.05) is 12.1 Å². The van der Waals surface area contributed by atoms with Gasteiger partial charge in [0.25, 0.3) is 5.91 Å². The Labute approximate surface area is 119 Å². The average Bonchev–Trinajstić information content (AvgIpc) is 2.75. The van der Waals surface area contributed by atoms with Crippen molar-refractivity contribution >= 4 is 5.91 Å². The second-order valence-corrected chi connectivity index (χ2v) is 5.31. The van der Waals surface area contributed by atoms with Crippen LogP contribution in [0.2, 0.25) is 0 Å². The van der Waals surface area contributed by atoms with Crippen LogP contribution in [0.4, 0.5) is 0 Å². The molecule has 4 heteroatoms. The number of hydrogen-bond acceptors (Lipinski definition) is 2. The maximum atomic E-state index is 11.8. The molecule has 0 atom stereocenters. The van der Waals surface area contributed by atoms with Gasteiger partial charge in [0, 0.05) is 25.4 Å². The van der Waals surface area contributed by atoms with E-state index in [1.807, 2.05) is 38.1 Å². The largest absolute Gasteiger partial charge is 0.345 e. The van der Waals surface area contributed by atoms with Gasteiger partial charge in [-0.05, 0) is 49.9 Å². The van der Waals surface area contributed by atoms with Gasteiger partial charge in [-0.15, -0.1) is 0 Å². The Morgan fingerprint density at radius 3 is 2.30 bits per heavy atom. The summed E-state index contributed by atoms with van der Waals surface area (Å²) in [6, 6.07) is 7.85. The van der Waals surface area contributed by atoms with Crippen molar-refractivity contribution in [1.82, 2.24) is 15.1 Å². The first-order chi connectivity index (χ1) is 9.49. The lowest BCUT2D eigenvalue weighted by Crippen LogP contribution is -2.21. The Hall–Kier alpha value is -2.10. The number of amides is 1. The summed E-state index contributed by atoms with van der Waals surface area (Å²) in [4.78, 5) is 13.4. The minimum absolute atomic E-state index is 0.0399. The normalized spacial score (nSPS) is 10.6. The minimum Gasteiger partial charge on any atom is -0.345 e. The van der Waals surface area contributed by atoms with Gasteiger partial charge >= 0.3 is 0 Å². The zero-order valence-electron chi connectivity index (χ0n) is 12.5. The summed E-state index contributed by atoms with van der Waals surface area (Å²) in [6.07, 6.45) is 1.92. The van der Waals surface area contributed by atoms with Gasteiger partial charge in [0.1, 0.15) is 0 Å². The van der Waals surface area contributed by atoms with E-state index in [1.165, 1.54) is 11.1 Å². The minimum atomic E-state index is 0.0399. The Kier molecular flexibility index (Phi) is 4.23. The summed E-state index contributed by atoms with van der Waals surface area (Å²) in [5.41, 5.74) is 5.47. The number of aromatic amines is 1. The van der Waals surface area contributed by atoms with Gasteiger partial charge < -0.3 is 4.90 Å². The van der Waals surface area contributed by atoms with Gasteiger partial charge in [-0.2, -0.15) is 5.10 Å². The van der Waals surface area contributed by atoms with Crippen molar-refractivity contribution in [2.24, 2.45) is 0 Å². The number of aromatic nitrogens is 2. The highest BCUT2D eigenvalue weighted by molar-refractivity contribution is 5.93. The van der Waals surface area contributed by atoms with Gasteiger partial charge in [-0.25, -0.2) is 0 Å². The Morgan fingerprint density at radius 2 is 1.80 bits per heavy atom. The van der Waals surface area contributed by atoms with E-state index in [0.29, 0.717) is 0 Å². The molecule has 2 rings (SSSR count). The van der Waals surface area contributed by atoms with E-state index >= 15 is 0 Å². The first-order valence-electron chi connectivity index (χ1n) is 6.80. The summed E-state index contributed by atoms with van der Waals surface area (Å²) < 4.78 is 0. The average molecular weight is 271 g/mol. The maximum Gasteiger partial charge on any atom is 0.253 e. The van der Waals surface area contributed by atoms with Gasteiger partial charge in [-0.3, -0.25) is 9.89 Å². The molecule has 0 spiro atoms. The molecule has 0 unspecified atom stereocenters. The lowest BCUT2D eigenvalue weighted by molar-refractivity contribution is 0.0827. The highest BCUT2D eigenvalue weighted by Gasteiger charge is 2.09. The number of aryl methyl sites for hydroxylation is 3. The van der Waals surface area contributed by atoms with Crippen LogP contribution in [0.1, 0.15) is 32.9 Å². The Morgan fingerprint density at radius 1 is 1.15 bits per heavy atom. The molecule has 0 fully saturated rings. The van der Waals surface area contributed by atoms with E-state index in [4.69, 9.17) is 0 Å². The van der Waals surface area contributed by atoms with Crippen molar-refractivity contribution in [2.75, 3.05) is 14.1 Å². The fourth-order valence-corrected chi connectivity index (χ4v) is 2.28. The van der Waals surface area contributed by atoms with Gasteiger partial charge in [0.2, 0.25) is 0 Å². The van der Waals surface area contributed by atoms with Crippen LogP contribution in [-0.2, 0) is 12.8 Å². The molecular weight excluding hydrogens is 250 g/mol. The predicted octanol–water partition coefficient (Wildman–Crippen LogP) is 2.51. The number of H-pyrrole nitrogens is 1. The van der Waals surface area contributed by atoms with Crippen molar-refractivity contribution in [3.8, 4) is 0 Å². The Bertz CT molecular complexity index is 577. The maximum absolute atomic E-state index is 11.8. The number of rotatable bonds is 4. The lowest BCUT2D eigenvalue weighted by atomic mass is 10.0. The molecule has 4 nitrogen and oxygen atoms in total. The molecule has 1 aromatic carbocycles. The third-order valence-electron chi connectivity index (χ3n) is 3.55. The third kappa shape index (κ3) is 3.07. The second kappa shape index (κ2) is 5.90. The zero-order chi connectivity index (χ0) is 14.7. The standard InChI is InChI=1S/C16H21N3O/c1-11-15(12(2)18-17-11)10-7-13-5-8-14(9-6-13)16(20)19(3)4/h5-6,8-9H,7,10H2,1-4H3,(H,17,18). The molecule has 0 bridgehead atoms. The summed E-state index contributed by atoms with van der Waals surface area (Å²) in [5, 5.41) is 7.22. The number of hydrogen-bond donors (Lipinski definition) is 1. The second-order valence-electron chi connectivity index (χ2n) is 5.31. The van der Waals surface area contributed by atoms with Gasteiger partial charge in [0.15, 0.2) is 0 Å². The molecule has 20 heavy (non-hydrogen) atoms. The topological polar surface area (TPSA) is 49.0 Å². The molecule has 1 amide bonds. The Balaban J connectivity index is 2.03. The molecule has 2 aromatic rings. The molecule has 0 saturated carbocycles. The molecule has 0 aliphatic rings. The molecule has 1 heterocycles. The molecule has 1 aromatic heterocycles. The van der Waals surface area contributed by atoms with Gasteiger partial charge in [0.05, 0.1) is 5.69 Å². The fraction of sp³-hybridized carbons (Fsp3) is 0.375. The van der Waals surface area contributed by atoms with Crippen molar-refractivity contribution in [3.63, 3.8) is 0 Å². The fourth-order valence-electron chi connectivity index (χ4n) is 2.28. The summed E-state index contributed by atoms with van der Waals surface area (Å²) in [6.45, 7) is 4.08. The van der Waals surface area contributed by atoms with E-state index in [2.05, 4.69) is 10.2 Å². The molecule has 0 saturated heterocycles. The van der Waals surface area contributed by atoms with Crippen LogP contribution in [-0.4, -0.2) is 35.1 Å². The van der Waals surface area contributed by atoms with Crippen LogP contribution < -0.4 is 0 Å². The molecular formula is C16H21N3O. The highest BCUT2D eigenvalue weighted by atomic mass is 16.2. The molecule has 0 aliphatic heterocycles. The lowest BCUT2D eigenvalue weighted by Gasteiger charge is -2.10. The van der Waals surface area contributed by atoms with Crippen molar-refractivity contribution < 1.29 is 4.79 Å². The smallest absolute Gasteiger partial charge is 0.253 e. The van der Waals surface area contributed by atoms with E-state index in [1.54, 1.807) is 19.0 Å². The molecule has 0 aliphatic carbocycles. The number of carbonyl (C=O) groups is 1. The van der Waals surface area contributed by atoms with Crippen molar-refractivity contribution in [2.45, 2.75) is 26.7 Å². The summed E-state index contributed by atoms with van der Waals surface area (Å²) >= 11 is 0. The number of nitrogens with zero attached hydrogens (tertiary/aromatic N) is 2.